The Kier molecular flexibility index (Phi) is 14.8. The Hall–Kier alpha value is -5.61. The molecule has 0 bridgehead atoms. The number of aromatic nitrogens is 4. The first kappa shape index (κ1) is 47.4. The Balaban J connectivity index is 0.00000630. The van der Waals surface area contributed by atoms with Gasteiger partial charge in [-0.15, -0.1) is 0 Å². The first-order valence-electron chi connectivity index (χ1n) is 21.7. The minimum Gasteiger partial charge on any atom is -0.385 e. The third kappa shape index (κ3) is 9.56. The molecule has 65 heavy (non-hydrogen) atoms. The van der Waals surface area contributed by atoms with Gasteiger partial charge in [-0.2, -0.15) is 23.0 Å². The van der Waals surface area contributed by atoms with Crippen molar-refractivity contribution in [2.45, 2.75) is 89.4 Å². The van der Waals surface area contributed by atoms with Crippen molar-refractivity contribution in [3.8, 4) is 11.1 Å². The number of alkyl halides is 2. The fourth-order valence-electron chi connectivity index (χ4n) is 9.05. The molecule has 1 unspecified atom stereocenters. The smallest absolute Gasteiger partial charge is 0.385 e. The number of rotatable bonds is 15. The molecule has 1 fully saturated rings. The standard InChI is InChI=1S/C45H51F2N11O6.U/c1-4-29(5-2)58-35-14-18-54(45(64)48-3)24-34(35)41(53-58)56-17-8-9-26-19-31(32(40(46)47)21-37(26)56)27-22-51-55(23-27)25-39(60)50-16-7-6-15-49-28-10-11-30-33(20-28)44(63)57(43(30)62)36-12-13-38(59)52-42(36)61;/h10-11,19-23,29,36,40,49H,1-2,4-9,12-18,24-25H2,3H3,(H,48,64)(H,50,60)(H,52,59,61);/q-2;+2. The number of imide groups is 2. The Bertz CT molecular complexity index is 2500. The van der Waals surface area contributed by atoms with E-state index in [2.05, 4.69) is 40.2 Å². The molecule has 0 radical (unpaired) electrons. The number of hydrogen-bond donors (Lipinski definition) is 4. The summed E-state index contributed by atoms with van der Waals surface area (Å²) in [4.78, 5) is 80.3. The van der Waals surface area contributed by atoms with Crippen molar-refractivity contribution in [2.75, 3.05) is 43.4 Å². The molecule has 340 valence electrons. The number of halogens is 2. The van der Waals surface area contributed by atoms with Crippen LogP contribution >= 0.6 is 0 Å². The Morgan fingerprint density at radius 3 is 2.46 bits per heavy atom. The molecule has 4 aromatic rings. The maximum absolute atomic E-state index is 14.9. The first-order chi connectivity index (χ1) is 30.9. The van der Waals surface area contributed by atoms with E-state index in [0.717, 1.165) is 28.1 Å². The third-order valence-corrected chi connectivity index (χ3v) is 12.4. The average molecular weight is 1120 g/mol. The molecule has 0 spiro atoms. The van der Waals surface area contributed by atoms with E-state index < -0.39 is 36.1 Å². The van der Waals surface area contributed by atoms with Crippen LogP contribution in [-0.4, -0.2) is 104 Å². The van der Waals surface area contributed by atoms with Crippen molar-refractivity contribution in [2.24, 2.45) is 0 Å². The maximum atomic E-state index is 14.9. The van der Waals surface area contributed by atoms with Crippen LogP contribution in [0, 0.1) is 45.0 Å². The van der Waals surface area contributed by atoms with Crippen LogP contribution in [0.25, 0.3) is 11.1 Å². The zero-order valence-electron chi connectivity index (χ0n) is 36.1. The summed E-state index contributed by atoms with van der Waals surface area (Å²) in [5, 5.41) is 20.4. The predicted molar refractivity (Wildman–Crippen MR) is 232 cm³/mol. The summed E-state index contributed by atoms with van der Waals surface area (Å²) in [6, 6.07) is 6.85. The molecule has 4 N–H and O–H groups in total. The number of anilines is 3. The number of carbonyl (C=O) groups excluding carboxylic acids is 6. The number of nitrogens with zero attached hydrogens (tertiary/aromatic N) is 7. The van der Waals surface area contributed by atoms with E-state index in [-0.39, 0.29) is 85.2 Å². The topological polar surface area (TPSA) is 196 Å². The van der Waals surface area contributed by atoms with E-state index in [1.54, 1.807) is 42.4 Å². The van der Waals surface area contributed by atoms with Gasteiger partial charge in [-0.25, -0.2) is 13.6 Å². The summed E-state index contributed by atoms with van der Waals surface area (Å²) in [6.07, 6.45) is 4.87. The van der Waals surface area contributed by atoms with E-state index >= 15 is 0 Å². The molecule has 6 heterocycles. The second-order valence-corrected chi connectivity index (χ2v) is 16.4. The molecule has 0 aliphatic carbocycles. The average Bonchev–Trinajstić information content (AvgIpc) is 3.98. The monoisotopic (exact) mass is 1120 g/mol. The number of aryl methyl sites for hydroxylation is 1. The van der Waals surface area contributed by atoms with Gasteiger partial charge in [0.2, 0.25) is 17.7 Å². The summed E-state index contributed by atoms with van der Waals surface area (Å²) in [6.45, 7) is 10.4. The van der Waals surface area contributed by atoms with Gasteiger partial charge in [0.25, 0.3) is 18.2 Å². The molecule has 1 saturated heterocycles. The van der Waals surface area contributed by atoms with Crippen molar-refractivity contribution < 1.29 is 68.7 Å². The largest absolute Gasteiger partial charge is 2.00 e. The second kappa shape index (κ2) is 20.3. The molecule has 2 aromatic carbocycles. The van der Waals surface area contributed by atoms with Gasteiger partial charge in [0.15, 0.2) is 5.82 Å². The van der Waals surface area contributed by atoms with Crippen molar-refractivity contribution in [1.82, 2.24) is 45.3 Å². The summed E-state index contributed by atoms with van der Waals surface area (Å²) in [5.41, 5.74) is 5.07. The van der Waals surface area contributed by atoms with Crippen LogP contribution in [0.2, 0.25) is 0 Å². The number of benzene rings is 2. The quantitative estimate of drug-likeness (QED) is 0.0726. The minimum absolute atomic E-state index is 0. The van der Waals surface area contributed by atoms with Crippen LogP contribution in [0.15, 0.2) is 42.7 Å². The molecule has 0 saturated carbocycles. The molecule has 4 aliphatic heterocycles. The van der Waals surface area contributed by atoms with Gasteiger partial charge < -0.3 is 39.6 Å². The van der Waals surface area contributed by atoms with Gasteiger partial charge in [0.1, 0.15) is 12.6 Å². The van der Waals surface area contributed by atoms with E-state index in [9.17, 15) is 37.5 Å². The molecular weight excluding hydrogens is 1070 g/mol. The van der Waals surface area contributed by atoms with E-state index in [1.807, 2.05) is 9.58 Å². The van der Waals surface area contributed by atoms with Crippen LogP contribution in [0.4, 0.5) is 30.8 Å². The Morgan fingerprint density at radius 2 is 1.72 bits per heavy atom. The number of piperidine rings is 1. The molecule has 4 aliphatic rings. The number of fused-ring (bicyclic) bond motifs is 3. The van der Waals surface area contributed by atoms with Crippen molar-refractivity contribution in [3.05, 3.63) is 90.1 Å². The summed E-state index contributed by atoms with van der Waals surface area (Å²) >= 11 is 0. The molecule has 2 aromatic heterocycles. The number of nitrogens with one attached hydrogen (secondary N) is 4. The molecule has 20 heteroatoms. The van der Waals surface area contributed by atoms with Gasteiger partial charge in [-0.3, -0.25) is 43.6 Å². The van der Waals surface area contributed by atoms with Crippen molar-refractivity contribution >= 4 is 52.8 Å². The molecule has 17 nitrogen and oxygen atoms in total. The molecule has 7 amide bonds. The van der Waals surface area contributed by atoms with E-state index in [1.165, 1.54) is 16.9 Å². The fraction of sp³-hybridized carbons (Fsp3) is 0.422. The van der Waals surface area contributed by atoms with Gasteiger partial charge in [0, 0.05) is 86.0 Å². The summed E-state index contributed by atoms with van der Waals surface area (Å²) in [7, 11) is 1.59. The van der Waals surface area contributed by atoms with Crippen LogP contribution < -0.4 is 26.2 Å². The number of unbranched alkanes of at least 4 members (excludes halogenated alkanes) is 1. The zero-order chi connectivity index (χ0) is 45.2. The summed E-state index contributed by atoms with van der Waals surface area (Å²) < 4.78 is 33.3. The van der Waals surface area contributed by atoms with Crippen LogP contribution in [0.1, 0.15) is 101 Å². The van der Waals surface area contributed by atoms with Crippen LogP contribution in [-0.2, 0) is 40.3 Å². The summed E-state index contributed by atoms with van der Waals surface area (Å²) in [5.74, 6) is -1.90. The van der Waals surface area contributed by atoms with E-state index in [4.69, 9.17) is 5.10 Å². The van der Waals surface area contributed by atoms with Crippen molar-refractivity contribution in [3.63, 3.8) is 0 Å². The molecule has 8 rings (SSSR count). The number of hydrogen-bond acceptors (Lipinski definition) is 10. The van der Waals surface area contributed by atoms with E-state index in [0.29, 0.717) is 99.6 Å². The van der Waals surface area contributed by atoms with Gasteiger partial charge in [0.05, 0.1) is 23.9 Å². The van der Waals surface area contributed by atoms with Crippen molar-refractivity contribution in [1.29, 1.82) is 0 Å². The van der Waals surface area contributed by atoms with Gasteiger partial charge >= 0.3 is 37.1 Å². The predicted octanol–water partition coefficient (Wildman–Crippen LogP) is 4.87. The van der Waals surface area contributed by atoms with Crippen LogP contribution in [0.3, 0.4) is 0 Å². The third-order valence-electron chi connectivity index (χ3n) is 12.4. The Labute approximate surface area is 398 Å². The minimum atomic E-state index is -2.80. The number of amides is 7. The zero-order valence-corrected chi connectivity index (χ0v) is 40.3. The number of urea groups is 1. The van der Waals surface area contributed by atoms with Gasteiger partial charge in [-0.1, -0.05) is 0 Å². The van der Waals surface area contributed by atoms with Gasteiger partial charge in [-0.05, 0) is 79.6 Å². The normalized spacial score (nSPS) is 16.9. The molecule has 1 atom stereocenters. The van der Waals surface area contributed by atoms with Crippen LogP contribution in [0.5, 0.6) is 0 Å². The molecular formula is C45H51F2N11O6U. The SMILES string of the molecule is [CH2-]CC(C[CH2-])n1nc(N2CCCc3cc(-c4cnn(CC(=O)NCCCCNc5ccc6c(c5)C(=O)N(C5CCC(=O)NC5=O)C6=O)c4)c(C(F)F)cc32)c2c1CCN(C(=O)NC)C2.[U+2]. The fourth-order valence-corrected chi connectivity index (χ4v) is 9.05. The first-order valence-corrected chi connectivity index (χ1v) is 21.7. The number of carbonyl (C=O) groups is 6. The maximum Gasteiger partial charge on any atom is 2.00 e. The second-order valence-electron chi connectivity index (χ2n) is 16.4. The Morgan fingerprint density at radius 1 is 0.954 bits per heavy atom.